The summed E-state index contributed by atoms with van der Waals surface area (Å²) in [5, 5.41) is 31.5. The number of ether oxygens (including phenoxy) is 2. The molecular formula is C22H29N9O13P2. The molecule has 2 fully saturated rings. The number of nitrogens with zero attached hydrogens (tertiary/aromatic N) is 7. The predicted molar refractivity (Wildman–Crippen MR) is 151 cm³/mol. The van der Waals surface area contributed by atoms with E-state index in [0.29, 0.717) is 17.6 Å². The summed E-state index contributed by atoms with van der Waals surface area (Å²) in [6, 6.07) is 0. The van der Waals surface area contributed by atoms with Crippen molar-refractivity contribution < 1.29 is 57.3 Å². The molecule has 4 aromatic rings. The lowest BCUT2D eigenvalue weighted by Gasteiger charge is -2.25. The van der Waals surface area contributed by atoms with Gasteiger partial charge < -0.3 is 44.8 Å². The number of aliphatic hydroxyl groups is 3. The van der Waals surface area contributed by atoms with Crippen molar-refractivity contribution in [2.24, 2.45) is 0 Å². The normalized spacial score (nSPS) is 30.3. The number of hydrogen-bond donors (Lipinski definition) is 7. The SMILES string of the molecule is CCc1ncnc2c1ncn2[C@@H]1O[C@H](COP(=O)(O)O[C@@H]2[C@H](O)[C@@H](CO)O[C@H]2n2cnc3c(=O)[nH]c(N)nc32)[C@@H](O[PH](=O)O)[C@H]1O. The number of nitrogens with two attached hydrogens (primary N) is 1. The number of aromatic amines is 1. The van der Waals surface area contributed by atoms with Crippen molar-refractivity contribution >= 4 is 44.4 Å². The van der Waals surface area contributed by atoms with Gasteiger partial charge in [0.05, 0.1) is 31.6 Å². The van der Waals surface area contributed by atoms with Gasteiger partial charge in [-0.15, -0.1) is 0 Å². The lowest BCUT2D eigenvalue weighted by Crippen LogP contribution is -2.36. The van der Waals surface area contributed by atoms with Crippen LogP contribution >= 0.6 is 16.1 Å². The Hall–Kier alpha value is -3.24. The minimum absolute atomic E-state index is 0.110. The fraction of sp³-hybridized carbons (Fsp3) is 0.545. The number of phosphoric acid groups is 1. The van der Waals surface area contributed by atoms with Crippen molar-refractivity contribution in [3.8, 4) is 0 Å². The molecular weight excluding hydrogens is 660 g/mol. The van der Waals surface area contributed by atoms with Crippen LogP contribution in [-0.2, 0) is 38.6 Å². The smallest absolute Gasteiger partial charge is 0.394 e. The molecule has 2 aliphatic rings. The van der Waals surface area contributed by atoms with Crippen LogP contribution in [0.3, 0.4) is 0 Å². The second-order valence-electron chi connectivity index (χ2n) is 10.2. The highest BCUT2D eigenvalue weighted by atomic mass is 31.2. The number of anilines is 1. The number of aryl methyl sites for hydroxylation is 1. The topological polar surface area (TPSA) is 315 Å². The molecule has 10 atom stereocenters. The van der Waals surface area contributed by atoms with Crippen molar-refractivity contribution in [1.29, 1.82) is 0 Å². The second-order valence-corrected chi connectivity index (χ2v) is 12.4. The number of hydrogen-bond acceptors (Lipinski definition) is 17. The van der Waals surface area contributed by atoms with E-state index in [1.54, 1.807) is 0 Å². The summed E-state index contributed by atoms with van der Waals surface area (Å²) in [5.41, 5.74) is 6.03. The molecule has 2 saturated heterocycles. The van der Waals surface area contributed by atoms with Gasteiger partial charge in [-0.25, -0.2) is 24.5 Å². The first-order valence-corrected chi connectivity index (χ1v) is 16.4. The van der Waals surface area contributed by atoms with Crippen LogP contribution in [-0.4, -0.2) is 114 Å². The molecule has 0 saturated carbocycles. The van der Waals surface area contributed by atoms with E-state index < -0.39 is 83.9 Å². The van der Waals surface area contributed by atoms with Crippen LogP contribution in [0.4, 0.5) is 5.95 Å². The molecule has 6 rings (SSSR count). The van der Waals surface area contributed by atoms with Crippen molar-refractivity contribution in [2.45, 2.75) is 62.4 Å². The molecule has 0 spiro atoms. The summed E-state index contributed by atoms with van der Waals surface area (Å²) < 4.78 is 54.2. The minimum atomic E-state index is -5.15. The van der Waals surface area contributed by atoms with Crippen LogP contribution in [0.15, 0.2) is 23.8 Å². The zero-order chi connectivity index (χ0) is 32.9. The Bertz CT molecular complexity index is 1870. The summed E-state index contributed by atoms with van der Waals surface area (Å²) in [6.07, 6.45) is -7.68. The average molecular weight is 689 g/mol. The van der Waals surface area contributed by atoms with Gasteiger partial charge in [0, 0.05) is 0 Å². The number of phosphoric ester groups is 1. The van der Waals surface area contributed by atoms with E-state index in [0.717, 1.165) is 10.9 Å². The second kappa shape index (κ2) is 12.8. The predicted octanol–water partition coefficient (Wildman–Crippen LogP) is -2.12. The maximum Gasteiger partial charge on any atom is 0.472 e. The molecule has 0 aromatic carbocycles. The molecule has 0 radical (unpaired) electrons. The van der Waals surface area contributed by atoms with Gasteiger partial charge in [-0.2, -0.15) is 4.98 Å². The van der Waals surface area contributed by atoms with Gasteiger partial charge in [-0.3, -0.25) is 32.5 Å². The Kier molecular flexibility index (Phi) is 9.06. The first-order chi connectivity index (χ1) is 21.9. The molecule has 46 heavy (non-hydrogen) atoms. The minimum Gasteiger partial charge on any atom is -0.394 e. The van der Waals surface area contributed by atoms with Crippen molar-refractivity contribution in [3.05, 3.63) is 35.0 Å². The molecule has 250 valence electrons. The van der Waals surface area contributed by atoms with Crippen molar-refractivity contribution in [1.82, 2.24) is 39.0 Å². The zero-order valence-electron chi connectivity index (χ0n) is 23.6. The van der Waals surface area contributed by atoms with Gasteiger partial charge >= 0.3 is 16.1 Å². The Morgan fingerprint density at radius 3 is 2.43 bits per heavy atom. The lowest BCUT2D eigenvalue weighted by molar-refractivity contribution is -0.0609. The van der Waals surface area contributed by atoms with E-state index in [-0.39, 0.29) is 22.8 Å². The fourth-order valence-electron chi connectivity index (χ4n) is 5.38. The molecule has 22 nitrogen and oxygen atoms in total. The molecule has 24 heteroatoms. The van der Waals surface area contributed by atoms with Crippen LogP contribution < -0.4 is 11.3 Å². The van der Waals surface area contributed by atoms with Gasteiger partial charge in [-0.1, -0.05) is 6.92 Å². The standard InChI is InChI=1S/C22H29N9O13P2/c1-2-8-11-17(25-5-24-8)30(6-26-11)20-14(34)15(43-45(36)37)10(42-20)4-40-46(38,39)44-16-13(33)9(3-32)41-21(16)31-7-27-12-18(31)28-22(23)29-19(12)35/h5-7,9-10,13-16,20-21,32-34,45H,2-4H2,1H3,(H,36,37)(H,38,39)(H3,23,28,29,35)/t9-,10-,13-,14-,15-,16-,20-,21-/m1/s1. The maximum atomic E-state index is 13.2. The van der Waals surface area contributed by atoms with Crippen molar-refractivity contribution in [2.75, 3.05) is 18.9 Å². The van der Waals surface area contributed by atoms with Gasteiger partial charge in [-0.05, 0) is 6.42 Å². The molecule has 6 heterocycles. The Morgan fingerprint density at radius 1 is 1.04 bits per heavy atom. The number of nitrogens with one attached hydrogen (secondary N) is 1. The average Bonchev–Trinajstić information content (AvgIpc) is 3.77. The summed E-state index contributed by atoms with van der Waals surface area (Å²) >= 11 is 0. The van der Waals surface area contributed by atoms with E-state index in [1.807, 2.05) is 6.92 Å². The largest absolute Gasteiger partial charge is 0.472 e. The highest BCUT2D eigenvalue weighted by molar-refractivity contribution is 7.47. The number of imidazole rings is 2. The number of H-pyrrole nitrogens is 1. The van der Waals surface area contributed by atoms with Crippen LogP contribution in [0.25, 0.3) is 22.3 Å². The van der Waals surface area contributed by atoms with E-state index >= 15 is 0 Å². The lowest BCUT2D eigenvalue weighted by atomic mass is 10.1. The van der Waals surface area contributed by atoms with Crippen LogP contribution in [0, 0.1) is 0 Å². The molecule has 0 aliphatic carbocycles. The third-order valence-electron chi connectivity index (χ3n) is 7.46. The molecule has 2 aliphatic heterocycles. The third kappa shape index (κ3) is 5.99. The van der Waals surface area contributed by atoms with Crippen LogP contribution in [0.1, 0.15) is 25.1 Å². The van der Waals surface area contributed by atoms with E-state index in [2.05, 4.69) is 29.9 Å². The number of rotatable bonds is 11. The first kappa shape index (κ1) is 32.7. The van der Waals surface area contributed by atoms with E-state index in [1.165, 1.54) is 17.2 Å². The summed E-state index contributed by atoms with van der Waals surface area (Å²) in [6.45, 7) is 0.322. The number of nitrogen functional groups attached to an aromatic ring is 1. The monoisotopic (exact) mass is 689 g/mol. The number of aromatic nitrogens is 8. The molecule has 2 unspecified atom stereocenters. The molecule has 4 aromatic heterocycles. The van der Waals surface area contributed by atoms with E-state index in [9.17, 15) is 39.0 Å². The van der Waals surface area contributed by atoms with Gasteiger partial charge in [0.1, 0.15) is 48.5 Å². The fourth-order valence-corrected chi connectivity index (χ4v) is 6.84. The zero-order valence-corrected chi connectivity index (χ0v) is 25.5. The Labute approximate surface area is 257 Å². The molecule has 0 bridgehead atoms. The summed E-state index contributed by atoms with van der Waals surface area (Å²) in [5.74, 6) is -0.272. The maximum absolute atomic E-state index is 13.2. The van der Waals surface area contributed by atoms with Gasteiger partial charge in [0.25, 0.3) is 5.56 Å². The molecule has 8 N–H and O–H groups in total. The summed E-state index contributed by atoms with van der Waals surface area (Å²) in [4.78, 5) is 55.2. The Morgan fingerprint density at radius 2 is 1.74 bits per heavy atom. The Balaban J connectivity index is 1.22. The summed E-state index contributed by atoms with van der Waals surface area (Å²) in [7, 11) is -8.80. The van der Waals surface area contributed by atoms with Crippen molar-refractivity contribution in [3.63, 3.8) is 0 Å². The number of fused-ring (bicyclic) bond motifs is 2. The first-order valence-electron chi connectivity index (χ1n) is 13.6. The highest BCUT2D eigenvalue weighted by Gasteiger charge is 2.51. The van der Waals surface area contributed by atoms with Crippen LogP contribution in [0.2, 0.25) is 0 Å². The van der Waals surface area contributed by atoms with Gasteiger partial charge in [0.15, 0.2) is 29.3 Å². The molecule has 0 amide bonds. The van der Waals surface area contributed by atoms with Gasteiger partial charge in [0.2, 0.25) is 5.95 Å². The number of aliphatic hydroxyl groups excluding tert-OH is 3. The van der Waals surface area contributed by atoms with Crippen LogP contribution in [0.5, 0.6) is 0 Å². The highest BCUT2D eigenvalue weighted by Crippen LogP contribution is 2.50. The van der Waals surface area contributed by atoms with E-state index in [4.69, 9.17) is 28.8 Å². The third-order valence-corrected chi connectivity index (χ3v) is 8.92. The quantitative estimate of drug-likeness (QED) is 0.0828.